The van der Waals surface area contributed by atoms with E-state index >= 15 is 0 Å². The van der Waals surface area contributed by atoms with E-state index in [2.05, 4.69) is 20.3 Å². The SMILES string of the molecule is COC(=O)[C@H]1CC[C@H](NC(=O)c2nc(-n3ccnc3)nc3c2CCC3)CC1. The second-order valence-electron chi connectivity index (χ2n) is 7.17. The van der Waals surface area contributed by atoms with Crippen molar-refractivity contribution in [3.63, 3.8) is 0 Å². The molecular weight excluding hydrogens is 346 g/mol. The van der Waals surface area contributed by atoms with Crippen LogP contribution in [0.15, 0.2) is 18.7 Å². The molecule has 2 aliphatic carbocycles. The molecule has 27 heavy (non-hydrogen) atoms. The molecule has 2 heterocycles. The van der Waals surface area contributed by atoms with Crippen LogP contribution in [-0.2, 0) is 22.4 Å². The average Bonchev–Trinajstić information content (AvgIpc) is 3.38. The maximum absolute atomic E-state index is 12.9. The zero-order chi connectivity index (χ0) is 18.8. The molecule has 8 nitrogen and oxygen atoms in total. The predicted octanol–water partition coefficient (Wildman–Crippen LogP) is 1.61. The van der Waals surface area contributed by atoms with E-state index < -0.39 is 0 Å². The van der Waals surface area contributed by atoms with Gasteiger partial charge in [0.15, 0.2) is 0 Å². The minimum Gasteiger partial charge on any atom is -0.469 e. The monoisotopic (exact) mass is 369 g/mol. The van der Waals surface area contributed by atoms with Crippen LogP contribution >= 0.6 is 0 Å². The van der Waals surface area contributed by atoms with Crippen molar-refractivity contribution >= 4 is 11.9 Å². The lowest BCUT2D eigenvalue weighted by molar-refractivity contribution is -0.146. The summed E-state index contributed by atoms with van der Waals surface area (Å²) in [5.74, 6) is 0.115. The smallest absolute Gasteiger partial charge is 0.308 e. The predicted molar refractivity (Wildman–Crippen MR) is 96.4 cm³/mol. The van der Waals surface area contributed by atoms with Crippen LogP contribution in [0, 0.1) is 5.92 Å². The molecule has 2 aromatic heterocycles. The fourth-order valence-electron chi connectivity index (χ4n) is 3.99. The number of ether oxygens (including phenoxy) is 1. The summed E-state index contributed by atoms with van der Waals surface area (Å²) >= 11 is 0. The number of imidazole rings is 1. The molecule has 8 heteroatoms. The van der Waals surface area contributed by atoms with E-state index in [1.165, 1.54) is 7.11 Å². The van der Waals surface area contributed by atoms with Gasteiger partial charge in [0.1, 0.15) is 12.0 Å². The number of methoxy groups -OCH3 is 1. The first-order valence-electron chi connectivity index (χ1n) is 9.42. The molecule has 1 N–H and O–H groups in total. The first-order valence-corrected chi connectivity index (χ1v) is 9.42. The van der Waals surface area contributed by atoms with Gasteiger partial charge in [-0.3, -0.25) is 14.2 Å². The average molecular weight is 369 g/mol. The Labute approximate surface area is 157 Å². The molecule has 1 amide bonds. The summed E-state index contributed by atoms with van der Waals surface area (Å²) in [7, 11) is 1.42. The first kappa shape index (κ1) is 17.6. The standard InChI is InChI=1S/C19H23N5O3/c1-27-18(26)12-5-7-13(8-6-12)21-17(25)16-14-3-2-4-15(14)22-19(23-16)24-10-9-20-11-24/h9-13H,2-8H2,1H3,(H,21,25)/t12-,13-. The van der Waals surface area contributed by atoms with Crippen LogP contribution in [0.2, 0.25) is 0 Å². The van der Waals surface area contributed by atoms with E-state index in [1.54, 1.807) is 23.3 Å². The van der Waals surface area contributed by atoms with Crippen molar-refractivity contribution in [3.05, 3.63) is 35.7 Å². The van der Waals surface area contributed by atoms with Gasteiger partial charge in [-0.15, -0.1) is 0 Å². The number of hydrogen-bond donors (Lipinski definition) is 1. The van der Waals surface area contributed by atoms with Crippen LogP contribution in [0.5, 0.6) is 0 Å². The van der Waals surface area contributed by atoms with Crippen molar-refractivity contribution in [2.75, 3.05) is 7.11 Å². The molecule has 4 rings (SSSR count). The molecule has 0 radical (unpaired) electrons. The highest BCUT2D eigenvalue weighted by atomic mass is 16.5. The van der Waals surface area contributed by atoms with Crippen LogP contribution in [0.3, 0.4) is 0 Å². The summed E-state index contributed by atoms with van der Waals surface area (Å²) in [6, 6.07) is 0.0575. The molecule has 0 saturated heterocycles. The van der Waals surface area contributed by atoms with E-state index in [0.717, 1.165) is 56.2 Å². The number of carbonyl (C=O) groups is 2. The van der Waals surface area contributed by atoms with Gasteiger partial charge in [0.2, 0.25) is 5.95 Å². The lowest BCUT2D eigenvalue weighted by Gasteiger charge is -2.27. The summed E-state index contributed by atoms with van der Waals surface area (Å²) in [4.78, 5) is 37.8. The molecule has 0 unspecified atom stereocenters. The van der Waals surface area contributed by atoms with Crippen LogP contribution in [0.1, 0.15) is 53.8 Å². The van der Waals surface area contributed by atoms with Gasteiger partial charge in [0.05, 0.1) is 13.0 Å². The Bertz CT molecular complexity index is 841. The van der Waals surface area contributed by atoms with Crippen molar-refractivity contribution in [3.8, 4) is 5.95 Å². The zero-order valence-corrected chi connectivity index (χ0v) is 15.4. The van der Waals surface area contributed by atoms with Gasteiger partial charge in [-0.25, -0.2) is 15.0 Å². The number of fused-ring (bicyclic) bond motifs is 1. The molecule has 0 aliphatic heterocycles. The first-order chi connectivity index (χ1) is 13.2. The van der Waals surface area contributed by atoms with Crippen LogP contribution in [-0.4, -0.2) is 44.5 Å². The highest BCUT2D eigenvalue weighted by Gasteiger charge is 2.30. The number of esters is 1. The van der Waals surface area contributed by atoms with Crippen molar-refractivity contribution in [2.45, 2.75) is 51.0 Å². The number of hydrogen-bond acceptors (Lipinski definition) is 6. The van der Waals surface area contributed by atoms with Crippen molar-refractivity contribution in [1.82, 2.24) is 24.8 Å². The van der Waals surface area contributed by atoms with Crippen LogP contribution in [0.25, 0.3) is 5.95 Å². The van der Waals surface area contributed by atoms with Gasteiger partial charge in [-0.2, -0.15) is 0 Å². The Hall–Kier alpha value is -2.77. The molecule has 1 saturated carbocycles. The second kappa shape index (κ2) is 7.46. The number of aryl methyl sites for hydroxylation is 1. The molecule has 0 aromatic carbocycles. The van der Waals surface area contributed by atoms with Gasteiger partial charge >= 0.3 is 5.97 Å². The van der Waals surface area contributed by atoms with Crippen LogP contribution in [0.4, 0.5) is 0 Å². The number of carbonyl (C=O) groups excluding carboxylic acids is 2. The largest absolute Gasteiger partial charge is 0.469 e. The fraction of sp³-hybridized carbons (Fsp3) is 0.526. The van der Waals surface area contributed by atoms with Gasteiger partial charge < -0.3 is 10.1 Å². The fourth-order valence-corrected chi connectivity index (χ4v) is 3.99. The quantitative estimate of drug-likeness (QED) is 0.822. The Kier molecular flexibility index (Phi) is 4.87. The minimum absolute atomic E-state index is 0.0562. The maximum Gasteiger partial charge on any atom is 0.308 e. The molecule has 2 aliphatic rings. The van der Waals surface area contributed by atoms with Crippen molar-refractivity contribution in [1.29, 1.82) is 0 Å². The lowest BCUT2D eigenvalue weighted by atomic mass is 9.86. The second-order valence-corrected chi connectivity index (χ2v) is 7.17. The Balaban J connectivity index is 1.50. The van der Waals surface area contributed by atoms with Gasteiger partial charge in [-0.05, 0) is 44.9 Å². The van der Waals surface area contributed by atoms with Gasteiger partial charge in [0, 0.05) is 29.7 Å². The van der Waals surface area contributed by atoms with E-state index in [0.29, 0.717) is 11.6 Å². The lowest BCUT2D eigenvalue weighted by Crippen LogP contribution is -2.39. The molecule has 0 atom stereocenters. The zero-order valence-electron chi connectivity index (χ0n) is 15.4. The molecule has 0 spiro atoms. The number of nitrogens with zero attached hydrogens (tertiary/aromatic N) is 4. The number of amides is 1. The van der Waals surface area contributed by atoms with Crippen molar-refractivity contribution < 1.29 is 14.3 Å². The van der Waals surface area contributed by atoms with E-state index in [9.17, 15) is 9.59 Å². The highest BCUT2D eigenvalue weighted by Crippen LogP contribution is 2.27. The molecular formula is C19H23N5O3. The molecule has 142 valence electrons. The molecule has 1 fully saturated rings. The van der Waals surface area contributed by atoms with Crippen molar-refractivity contribution in [2.24, 2.45) is 5.92 Å². The van der Waals surface area contributed by atoms with Crippen LogP contribution < -0.4 is 5.32 Å². The third kappa shape index (κ3) is 3.56. The van der Waals surface area contributed by atoms with E-state index in [4.69, 9.17) is 4.74 Å². The number of aromatic nitrogens is 4. The van der Waals surface area contributed by atoms with Gasteiger partial charge in [0.25, 0.3) is 5.91 Å². The molecule has 2 aromatic rings. The summed E-state index contributed by atoms with van der Waals surface area (Å²) in [6.07, 6.45) is 10.8. The normalized spacial score (nSPS) is 21.5. The Morgan fingerprint density at radius 1 is 1.19 bits per heavy atom. The Morgan fingerprint density at radius 2 is 2.00 bits per heavy atom. The van der Waals surface area contributed by atoms with E-state index in [1.807, 2.05) is 0 Å². The minimum atomic E-state index is -0.154. The third-order valence-corrected chi connectivity index (χ3v) is 5.47. The summed E-state index contributed by atoms with van der Waals surface area (Å²) < 4.78 is 6.54. The van der Waals surface area contributed by atoms with Gasteiger partial charge in [-0.1, -0.05) is 0 Å². The summed E-state index contributed by atoms with van der Waals surface area (Å²) in [5.41, 5.74) is 2.38. The highest BCUT2D eigenvalue weighted by molar-refractivity contribution is 5.94. The number of rotatable bonds is 4. The maximum atomic E-state index is 12.9. The topological polar surface area (TPSA) is 99.0 Å². The molecule has 0 bridgehead atoms. The third-order valence-electron chi connectivity index (χ3n) is 5.47. The summed E-state index contributed by atoms with van der Waals surface area (Å²) in [5, 5.41) is 3.11. The summed E-state index contributed by atoms with van der Waals surface area (Å²) in [6.45, 7) is 0. The number of nitrogens with one attached hydrogen (secondary N) is 1. The Morgan fingerprint density at radius 3 is 2.70 bits per heavy atom. The van der Waals surface area contributed by atoms with E-state index in [-0.39, 0.29) is 23.8 Å².